The molecule has 0 saturated carbocycles. The van der Waals surface area contributed by atoms with Crippen LogP contribution in [0.2, 0.25) is 0 Å². The zero-order valence-electron chi connectivity index (χ0n) is 62.2. The van der Waals surface area contributed by atoms with E-state index in [-0.39, 0.29) is 276 Å². The number of aliphatic carboxylic acids is 2. The largest absolute Gasteiger partial charge is 1.00 e. The molecule has 5 aliphatic heterocycles. The molecule has 600 valence electrons. The molecular weight excluding hydrogens is 1730 g/mol. The molecule has 0 amide bonds. The van der Waals surface area contributed by atoms with Gasteiger partial charge in [-0.3, -0.25) is 25.1 Å². The molecule has 0 spiro atoms. The van der Waals surface area contributed by atoms with Crippen LogP contribution in [0.3, 0.4) is 0 Å². The van der Waals surface area contributed by atoms with Crippen LogP contribution in [-0.4, -0.2) is 373 Å². The van der Waals surface area contributed by atoms with E-state index < -0.39 is 248 Å². The average molecular weight is 1800 g/mol. The summed E-state index contributed by atoms with van der Waals surface area (Å²) in [7, 11) is -28.9. The number of carbonyl (C=O) groups is 2. The van der Waals surface area contributed by atoms with Crippen molar-refractivity contribution in [3.63, 3.8) is 0 Å². The topological polar surface area (TPSA) is 699 Å². The third-order valence-corrected chi connectivity index (χ3v) is 17.5. The monoisotopic (exact) mass is 1800 g/mol. The number of ether oxygens (including phenoxy) is 21. The van der Waals surface area contributed by atoms with Crippen LogP contribution in [0.5, 0.6) is 0 Å². The molecule has 50 nitrogen and oxygen atoms in total. The van der Waals surface area contributed by atoms with E-state index >= 15 is 0 Å². The zero-order valence-corrected chi connectivity index (χ0v) is 83.1. The van der Waals surface area contributed by atoms with Crippen molar-refractivity contribution in [3.05, 3.63) is 0 Å². The Bertz CT molecular complexity index is 3340. The number of hydrogen-bond donors (Lipinski definition) is 1. The molecule has 25 atom stereocenters. The first-order chi connectivity index (χ1) is 47.6. The van der Waals surface area contributed by atoms with Crippen molar-refractivity contribution in [1.29, 1.82) is 0 Å². The number of carbonyl (C=O) groups excluding carboxylic acids is 2. The molecule has 0 unspecified atom stereocenters. The average Bonchev–Trinajstić information content (AvgIpc) is 0.758. The first-order valence-electron chi connectivity index (χ1n) is 28.9. The zero-order chi connectivity index (χ0) is 76.5. The quantitative estimate of drug-likeness (QED) is 0.0256. The summed E-state index contributed by atoms with van der Waals surface area (Å²) >= 11 is 0. The maximum atomic E-state index is 13.3. The Morgan fingerprint density at radius 2 is 0.555 bits per heavy atom. The van der Waals surface area contributed by atoms with E-state index in [1.165, 1.54) is 0 Å². The van der Waals surface area contributed by atoms with Gasteiger partial charge in [0.1, 0.15) is 110 Å². The number of methoxy groups -OCH3 is 8. The molecule has 5 aliphatic rings. The summed E-state index contributed by atoms with van der Waals surface area (Å²) in [5, 5.41) is 26.5. The third kappa shape index (κ3) is 39.0. The van der Waals surface area contributed by atoms with Crippen LogP contribution in [-0.2, 0) is 197 Å². The molecular formula is C46H73NNa8O49S6. The summed E-state index contributed by atoms with van der Waals surface area (Å²) in [6, 6.07) is 0. The summed E-state index contributed by atoms with van der Waals surface area (Å²) in [6.45, 7) is -3.62. The minimum absolute atomic E-state index is 0. The Morgan fingerprint density at radius 1 is 0.300 bits per heavy atom. The first kappa shape index (κ1) is 122. The number of hydrogen-bond acceptors (Lipinski definition) is 50. The summed E-state index contributed by atoms with van der Waals surface area (Å²) in [6.07, 6.45) is -57.8. The van der Waals surface area contributed by atoms with E-state index in [9.17, 15) is 97.6 Å². The van der Waals surface area contributed by atoms with Crippen LogP contribution >= 0.6 is 0 Å². The molecule has 5 rings (SSSR count). The predicted molar refractivity (Wildman–Crippen MR) is 297 cm³/mol. The minimum Gasteiger partial charge on any atom is -0.726 e. The smallest absolute Gasteiger partial charge is 0.726 e. The normalized spacial score (nSPS) is 32.9. The summed E-state index contributed by atoms with van der Waals surface area (Å²) in [5.74, 6) is -4.74. The predicted octanol–water partition coefficient (Wildman–Crippen LogP) is -36.2. The van der Waals surface area contributed by atoms with Crippen molar-refractivity contribution in [3.8, 4) is 0 Å². The molecule has 64 heteroatoms. The van der Waals surface area contributed by atoms with Crippen molar-refractivity contribution < 1.29 is 459 Å². The van der Waals surface area contributed by atoms with Gasteiger partial charge in [0, 0.05) is 63.4 Å². The minimum atomic E-state index is -6.48. The van der Waals surface area contributed by atoms with Gasteiger partial charge in [-0.15, -0.1) is 0 Å². The van der Waals surface area contributed by atoms with Gasteiger partial charge in [0.2, 0.25) is 62.4 Å². The van der Waals surface area contributed by atoms with Gasteiger partial charge in [-0.05, 0) is 0 Å². The van der Waals surface area contributed by atoms with Gasteiger partial charge in [0.25, 0.3) is 0 Å². The van der Waals surface area contributed by atoms with Crippen molar-refractivity contribution in [2.45, 2.75) is 154 Å². The van der Waals surface area contributed by atoms with Crippen LogP contribution in [0.25, 0.3) is 0 Å². The van der Waals surface area contributed by atoms with Crippen LogP contribution in [0.15, 0.2) is 0 Å². The third-order valence-electron chi connectivity index (χ3n) is 14.9. The maximum absolute atomic E-state index is 13.3. The summed E-state index contributed by atoms with van der Waals surface area (Å²) in [4.78, 5) is 26.5. The summed E-state index contributed by atoms with van der Waals surface area (Å²) in [5.41, 5.74) is 5.37. The van der Waals surface area contributed by atoms with E-state index in [1.807, 2.05) is 0 Å². The Labute approximate surface area is 810 Å². The van der Waals surface area contributed by atoms with Crippen molar-refractivity contribution in [2.24, 2.45) is 5.73 Å². The number of carboxylic acids is 2. The van der Waals surface area contributed by atoms with E-state index in [0.29, 0.717) is 13.2 Å². The van der Waals surface area contributed by atoms with Crippen molar-refractivity contribution in [1.82, 2.24) is 0 Å². The van der Waals surface area contributed by atoms with E-state index in [1.54, 1.807) is 0 Å². The second kappa shape index (κ2) is 57.1. The second-order valence-corrected chi connectivity index (χ2v) is 27.3. The van der Waals surface area contributed by atoms with Gasteiger partial charge >= 0.3 is 236 Å². The maximum Gasteiger partial charge on any atom is 1.00 e. The van der Waals surface area contributed by atoms with Crippen LogP contribution in [0.4, 0.5) is 0 Å². The molecule has 5 saturated heterocycles. The fourth-order valence-electron chi connectivity index (χ4n) is 11.0. The van der Waals surface area contributed by atoms with Gasteiger partial charge < -0.3 is 152 Å². The summed E-state index contributed by atoms with van der Waals surface area (Å²) < 4.78 is 364. The number of carboxylic acid groups (broad SMARTS) is 2. The molecule has 0 radical (unpaired) electrons. The molecule has 2 N–H and O–H groups in total. The standard InChI is InChI=1S/C46H81NO49S6.8Na/c1-70-26-23(81-16-15-80-14-13-79-12-11-78-10-9-47)20(17-82-97(52,53)54)86-43(35(26)74-5)90-30-28(72-3)37(76-7)45(93-33(30)40(48)49)89-25-22(19-84-99(58,59)60)87-46(39(96-102(67,68)69)32(25)94-100(61,62)63)91-31-29(73-4)36(75-6)44(92-34(31)41(50)51)88-24-21(18-83-98(55,56)57)85-42(77-8)38(27(24)71-2)95-101(64,65)66;;;;;;;;/h20-39,42-46H,9-19,47H2,1-8H3,(H,48,49)(H,50,51)(H,52,53,54)(H,55,56,57)(H,58,59,60)(H,61,62,63)(H,64,65,66)(H,67,68,69);;;;;;;;/q;8*+1/p-8/t20-,21-,22-,23-,24-,25-,26+,27+,28+,29+,30+,31+,32+,33+,34-,35-,36-,37-,38-,39-,42+,43-,44-,45-,46-;;;;;;;;/m1......../s1. The van der Waals surface area contributed by atoms with Crippen LogP contribution in [0, 0.1) is 0 Å². The van der Waals surface area contributed by atoms with Crippen LogP contribution < -0.4 is 252 Å². The molecule has 5 fully saturated rings. The van der Waals surface area contributed by atoms with E-state index in [4.69, 9.17) is 105 Å². The second-order valence-electron chi connectivity index (χ2n) is 21.1. The molecule has 0 aromatic carbocycles. The number of nitrogens with two attached hydrogens (primary N) is 1. The van der Waals surface area contributed by atoms with E-state index in [0.717, 1.165) is 56.9 Å². The van der Waals surface area contributed by atoms with Gasteiger partial charge in [0.15, 0.2) is 43.7 Å². The van der Waals surface area contributed by atoms with Gasteiger partial charge in [-0.2, -0.15) is 0 Å². The van der Waals surface area contributed by atoms with Crippen molar-refractivity contribution in [2.75, 3.05) is 129 Å². The number of rotatable bonds is 45. The molecule has 5 heterocycles. The SMILES string of the molecule is CO[C@H]1O[C@H](COS(=O)(=O)[O-])[C@@H](O[C@@H]2O[C@@H](C(=O)[O-])[C@@H](O[C@H]3O[C@H](COS(=O)(=O)[O-])[C@@H](O[C@@H]4O[C@H](C(=O)[O-])[C@@H](O[C@H]5O[C@H](COS(=O)(=O)[O-])[C@@H](OCCOCCOCCOCCN)[C@H](OC)[C@H]5OC)[C@H](OC)[C@H]4OC)[C@H](OS(=O)(=O)[O-])[C@H]3OS(=O)(=O)[O-])[C@H](OC)[C@H]2OC)[C@H](OC)[C@H]1OS(=O)(=O)[O-].[Na+].[Na+].[Na+].[Na+].[Na+].[Na+].[Na+].[Na+]. The first-order valence-corrected chi connectivity index (χ1v) is 36.9. The van der Waals surface area contributed by atoms with Crippen molar-refractivity contribution >= 4 is 74.3 Å². The van der Waals surface area contributed by atoms with Gasteiger partial charge in [0.05, 0.1) is 78.0 Å². The molecule has 0 aromatic heterocycles. The molecule has 0 aliphatic carbocycles. The Kier molecular flexibility index (Phi) is 63.1. The fourth-order valence-corrected chi connectivity index (χ4v) is 13.3. The van der Waals surface area contributed by atoms with Gasteiger partial charge in [-0.25, -0.2) is 50.5 Å². The Balaban J connectivity index is -0.00000702. The molecule has 0 aromatic rings. The molecule has 0 bridgehead atoms. The van der Waals surface area contributed by atoms with Crippen LogP contribution in [0.1, 0.15) is 0 Å². The Morgan fingerprint density at radius 3 is 0.864 bits per heavy atom. The Hall–Kier alpha value is 5.28. The fraction of sp³-hybridized carbons (Fsp3) is 0.957. The van der Waals surface area contributed by atoms with E-state index in [2.05, 4.69) is 25.1 Å². The van der Waals surface area contributed by atoms with Gasteiger partial charge in [-0.1, -0.05) is 0 Å². The molecule has 110 heavy (non-hydrogen) atoms.